The number of carbonyl (C=O) groups is 1. The van der Waals surface area contributed by atoms with E-state index in [0.29, 0.717) is 23.6 Å². The molecule has 4 nitrogen and oxygen atoms in total. The first-order valence-electron chi connectivity index (χ1n) is 7.65. The number of rotatable bonds is 6. The zero-order valence-corrected chi connectivity index (χ0v) is 12.7. The van der Waals surface area contributed by atoms with Crippen LogP contribution in [-0.4, -0.2) is 19.2 Å². The average Bonchev–Trinajstić information content (AvgIpc) is 3.03. The predicted molar refractivity (Wildman–Crippen MR) is 84.2 cm³/mol. The van der Waals surface area contributed by atoms with Crippen molar-refractivity contribution in [3.63, 3.8) is 0 Å². The number of ether oxygens (including phenoxy) is 2. The largest absolute Gasteiger partial charge is 0.454 e. The number of fused-ring (bicyclic) bond motifs is 1. The Kier molecular flexibility index (Phi) is 4.76. The Morgan fingerprint density at radius 3 is 2.65 bits per heavy atom. The van der Waals surface area contributed by atoms with E-state index < -0.39 is 0 Å². The summed E-state index contributed by atoms with van der Waals surface area (Å²) in [6.45, 7) is 0.804. The molecule has 3 rings (SSSR count). The summed E-state index contributed by atoms with van der Waals surface area (Å²) in [5, 5.41) is 2.89. The van der Waals surface area contributed by atoms with Crippen molar-refractivity contribution in [3.05, 3.63) is 59.4 Å². The highest BCUT2D eigenvalue weighted by Crippen LogP contribution is 2.32. The predicted octanol–water partition coefficient (Wildman–Crippen LogP) is 3.31. The Labute approximate surface area is 134 Å². The first-order chi connectivity index (χ1) is 11.2. The molecule has 1 amide bonds. The maximum atomic E-state index is 12.8. The van der Waals surface area contributed by atoms with Crippen molar-refractivity contribution < 1.29 is 18.7 Å². The summed E-state index contributed by atoms with van der Waals surface area (Å²) >= 11 is 0. The van der Waals surface area contributed by atoms with Crippen LogP contribution in [0.15, 0.2) is 42.5 Å². The molecule has 0 spiro atoms. The lowest BCUT2D eigenvalue weighted by Gasteiger charge is -2.06. The Hall–Kier alpha value is -2.56. The van der Waals surface area contributed by atoms with Gasteiger partial charge in [0.1, 0.15) is 5.82 Å². The van der Waals surface area contributed by atoms with Crippen molar-refractivity contribution >= 4 is 5.91 Å². The van der Waals surface area contributed by atoms with Crippen molar-refractivity contribution in [2.45, 2.75) is 19.3 Å². The molecular weight excluding hydrogens is 297 g/mol. The van der Waals surface area contributed by atoms with Crippen molar-refractivity contribution in [1.82, 2.24) is 5.32 Å². The minimum atomic E-state index is -0.218. The quantitative estimate of drug-likeness (QED) is 0.832. The molecule has 120 valence electrons. The van der Waals surface area contributed by atoms with Crippen LogP contribution in [0, 0.1) is 5.82 Å². The summed E-state index contributed by atoms with van der Waals surface area (Å²) in [6, 6.07) is 11.7. The van der Waals surface area contributed by atoms with Crippen LogP contribution in [0.3, 0.4) is 0 Å². The van der Waals surface area contributed by atoms with Crippen LogP contribution in [0.25, 0.3) is 0 Å². The van der Waals surface area contributed by atoms with E-state index >= 15 is 0 Å². The van der Waals surface area contributed by atoms with Gasteiger partial charge in [-0.25, -0.2) is 4.39 Å². The fourth-order valence-electron chi connectivity index (χ4n) is 2.45. The molecule has 0 aromatic heterocycles. The van der Waals surface area contributed by atoms with Crippen LogP contribution in [0.1, 0.15) is 28.8 Å². The lowest BCUT2D eigenvalue weighted by Crippen LogP contribution is -2.24. The average molecular weight is 315 g/mol. The van der Waals surface area contributed by atoms with E-state index in [4.69, 9.17) is 9.47 Å². The number of hydrogen-bond acceptors (Lipinski definition) is 3. The smallest absolute Gasteiger partial charge is 0.251 e. The molecule has 0 saturated heterocycles. The molecule has 1 N–H and O–H groups in total. The van der Waals surface area contributed by atoms with Gasteiger partial charge in [-0.15, -0.1) is 0 Å². The highest BCUT2D eigenvalue weighted by Gasteiger charge is 2.15. The van der Waals surface area contributed by atoms with Gasteiger partial charge in [-0.05, 0) is 55.2 Å². The summed E-state index contributed by atoms with van der Waals surface area (Å²) in [6.07, 6.45) is 2.68. The molecule has 0 radical (unpaired) electrons. The number of hydrogen-bond donors (Lipinski definition) is 1. The summed E-state index contributed by atoms with van der Waals surface area (Å²) in [4.78, 5) is 12.1. The molecule has 0 aliphatic carbocycles. The van der Waals surface area contributed by atoms with Crippen molar-refractivity contribution in [2.75, 3.05) is 13.3 Å². The summed E-state index contributed by atoms with van der Waals surface area (Å²) in [5.41, 5.74) is 1.67. The molecule has 1 heterocycles. The van der Waals surface area contributed by atoms with Crippen LogP contribution in [-0.2, 0) is 6.42 Å². The van der Waals surface area contributed by atoms with E-state index in [2.05, 4.69) is 5.32 Å². The van der Waals surface area contributed by atoms with Gasteiger partial charge in [-0.2, -0.15) is 0 Å². The molecule has 0 bridgehead atoms. The van der Waals surface area contributed by atoms with Gasteiger partial charge in [-0.1, -0.05) is 12.1 Å². The van der Waals surface area contributed by atoms with Gasteiger partial charge in [0.15, 0.2) is 11.5 Å². The maximum Gasteiger partial charge on any atom is 0.251 e. The highest BCUT2D eigenvalue weighted by molar-refractivity contribution is 5.94. The third-order valence-corrected chi connectivity index (χ3v) is 3.73. The van der Waals surface area contributed by atoms with Crippen LogP contribution in [0.4, 0.5) is 4.39 Å². The van der Waals surface area contributed by atoms with E-state index in [9.17, 15) is 9.18 Å². The number of benzene rings is 2. The fourth-order valence-corrected chi connectivity index (χ4v) is 2.45. The molecule has 0 unspecified atom stereocenters. The topological polar surface area (TPSA) is 47.6 Å². The monoisotopic (exact) mass is 315 g/mol. The normalized spacial score (nSPS) is 12.2. The lowest BCUT2D eigenvalue weighted by molar-refractivity contribution is 0.0952. The number of amides is 1. The Bertz CT molecular complexity index is 685. The first-order valence-corrected chi connectivity index (χ1v) is 7.65. The second kappa shape index (κ2) is 7.13. The molecule has 0 atom stereocenters. The van der Waals surface area contributed by atoms with Gasteiger partial charge in [0.05, 0.1) is 0 Å². The van der Waals surface area contributed by atoms with E-state index in [1.807, 2.05) is 0 Å². The van der Waals surface area contributed by atoms with Gasteiger partial charge in [0.2, 0.25) is 6.79 Å². The Balaban J connectivity index is 1.40. The number of unbranched alkanes of at least 4 members (excludes halogenated alkanes) is 1. The second-order valence-electron chi connectivity index (χ2n) is 5.41. The third kappa shape index (κ3) is 4.00. The van der Waals surface area contributed by atoms with E-state index in [1.165, 1.54) is 12.1 Å². The molecule has 5 heteroatoms. The molecule has 23 heavy (non-hydrogen) atoms. The van der Waals surface area contributed by atoms with Gasteiger partial charge in [-0.3, -0.25) is 4.79 Å². The fraction of sp³-hybridized carbons (Fsp3) is 0.278. The summed E-state index contributed by atoms with van der Waals surface area (Å²) < 4.78 is 23.3. The van der Waals surface area contributed by atoms with Gasteiger partial charge >= 0.3 is 0 Å². The molecule has 0 saturated carbocycles. The minimum absolute atomic E-state index is 0.120. The first kappa shape index (κ1) is 15.3. The van der Waals surface area contributed by atoms with Crippen LogP contribution in [0.5, 0.6) is 11.5 Å². The van der Waals surface area contributed by atoms with Gasteiger partial charge in [0, 0.05) is 12.1 Å². The van der Waals surface area contributed by atoms with Crippen molar-refractivity contribution in [1.29, 1.82) is 0 Å². The number of nitrogens with one attached hydrogen (secondary N) is 1. The SMILES string of the molecule is O=C(NCCCCc1ccc(F)cc1)c1ccc2c(c1)OCO2. The Morgan fingerprint density at radius 1 is 1.04 bits per heavy atom. The van der Waals surface area contributed by atoms with Gasteiger partial charge < -0.3 is 14.8 Å². The summed E-state index contributed by atoms with van der Waals surface area (Å²) in [5.74, 6) is 0.935. The number of aryl methyl sites for hydroxylation is 1. The lowest BCUT2D eigenvalue weighted by atomic mass is 10.1. The summed E-state index contributed by atoms with van der Waals surface area (Å²) in [7, 11) is 0. The molecule has 0 fully saturated rings. The van der Waals surface area contributed by atoms with Crippen LogP contribution < -0.4 is 14.8 Å². The van der Waals surface area contributed by atoms with Crippen LogP contribution >= 0.6 is 0 Å². The molecular formula is C18H18FNO3. The number of halogens is 1. The number of carbonyl (C=O) groups excluding carboxylic acids is 1. The molecule has 1 aliphatic rings. The van der Waals surface area contributed by atoms with Crippen molar-refractivity contribution in [3.8, 4) is 11.5 Å². The van der Waals surface area contributed by atoms with Crippen LogP contribution in [0.2, 0.25) is 0 Å². The Morgan fingerprint density at radius 2 is 1.83 bits per heavy atom. The van der Waals surface area contributed by atoms with E-state index in [1.54, 1.807) is 30.3 Å². The van der Waals surface area contributed by atoms with Crippen molar-refractivity contribution in [2.24, 2.45) is 0 Å². The minimum Gasteiger partial charge on any atom is -0.454 e. The highest BCUT2D eigenvalue weighted by atomic mass is 19.1. The zero-order chi connectivity index (χ0) is 16.1. The molecule has 2 aromatic carbocycles. The van der Waals surface area contributed by atoms with E-state index in [-0.39, 0.29) is 18.5 Å². The zero-order valence-electron chi connectivity index (χ0n) is 12.7. The van der Waals surface area contributed by atoms with E-state index in [0.717, 1.165) is 24.8 Å². The third-order valence-electron chi connectivity index (χ3n) is 3.73. The second-order valence-corrected chi connectivity index (χ2v) is 5.41. The standard InChI is InChI=1S/C18H18FNO3/c19-15-7-4-13(5-8-15)3-1-2-10-20-18(21)14-6-9-16-17(11-14)23-12-22-16/h4-9,11H,1-3,10,12H2,(H,20,21). The molecule has 2 aromatic rings. The molecule has 1 aliphatic heterocycles. The maximum absolute atomic E-state index is 12.8. The van der Waals surface area contributed by atoms with Gasteiger partial charge in [0.25, 0.3) is 5.91 Å².